The third kappa shape index (κ3) is 4.10. The lowest BCUT2D eigenvalue weighted by molar-refractivity contribution is -0.125. The molecule has 0 aromatic heterocycles. The van der Waals surface area contributed by atoms with Crippen LogP contribution in [0.25, 0.3) is 0 Å². The minimum atomic E-state index is -0.144. The molecule has 4 nitrogen and oxygen atoms in total. The molecule has 0 atom stereocenters. The zero-order valence-electron chi connectivity index (χ0n) is 11.2. The Labute approximate surface area is 98.8 Å². The van der Waals surface area contributed by atoms with Gasteiger partial charge in [0.05, 0.1) is 6.54 Å². The van der Waals surface area contributed by atoms with Gasteiger partial charge in [-0.2, -0.15) is 0 Å². The number of rotatable bonds is 2. The number of carbonyl (C=O) groups excluding carboxylic acids is 1. The Kier molecular flexibility index (Phi) is 3.97. The standard InChI is InChI=1S/C12H25N3O/c1-11(2,3)14-10(16)8-15-7-6-13-9-12(15,4)5/h13H,6-9H2,1-5H3,(H,14,16). The summed E-state index contributed by atoms with van der Waals surface area (Å²) in [4.78, 5) is 14.1. The summed E-state index contributed by atoms with van der Waals surface area (Å²) in [6, 6.07) is 0. The fourth-order valence-electron chi connectivity index (χ4n) is 1.95. The quantitative estimate of drug-likeness (QED) is 0.725. The van der Waals surface area contributed by atoms with E-state index in [-0.39, 0.29) is 17.0 Å². The van der Waals surface area contributed by atoms with Crippen LogP contribution in [0.2, 0.25) is 0 Å². The van der Waals surface area contributed by atoms with Crippen molar-refractivity contribution in [1.29, 1.82) is 0 Å². The molecule has 0 aromatic carbocycles. The summed E-state index contributed by atoms with van der Waals surface area (Å²) < 4.78 is 0. The van der Waals surface area contributed by atoms with Gasteiger partial charge in [-0.1, -0.05) is 0 Å². The first-order valence-electron chi connectivity index (χ1n) is 5.97. The van der Waals surface area contributed by atoms with Crippen LogP contribution in [0.5, 0.6) is 0 Å². The van der Waals surface area contributed by atoms with E-state index in [2.05, 4.69) is 29.4 Å². The lowest BCUT2D eigenvalue weighted by Gasteiger charge is -2.42. The van der Waals surface area contributed by atoms with E-state index in [4.69, 9.17) is 0 Å². The average molecular weight is 227 g/mol. The topological polar surface area (TPSA) is 44.4 Å². The van der Waals surface area contributed by atoms with Crippen molar-refractivity contribution in [2.24, 2.45) is 0 Å². The van der Waals surface area contributed by atoms with Gasteiger partial charge in [0.15, 0.2) is 0 Å². The van der Waals surface area contributed by atoms with Gasteiger partial charge < -0.3 is 10.6 Å². The maximum Gasteiger partial charge on any atom is 0.234 e. The monoisotopic (exact) mass is 227 g/mol. The molecule has 0 radical (unpaired) electrons. The van der Waals surface area contributed by atoms with Gasteiger partial charge in [0.2, 0.25) is 5.91 Å². The van der Waals surface area contributed by atoms with Gasteiger partial charge in [-0.15, -0.1) is 0 Å². The Morgan fingerprint density at radius 3 is 2.56 bits per heavy atom. The molecule has 2 N–H and O–H groups in total. The van der Waals surface area contributed by atoms with E-state index in [1.54, 1.807) is 0 Å². The third-order valence-electron chi connectivity index (χ3n) is 2.82. The first kappa shape index (κ1) is 13.5. The van der Waals surface area contributed by atoms with Gasteiger partial charge in [-0.05, 0) is 34.6 Å². The van der Waals surface area contributed by atoms with Crippen LogP contribution in [0.3, 0.4) is 0 Å². The Morgan fingerprint density at radius 2 is 2.06 bits per heavy atom. The largest absolute Gasteiger partial charge is 0.350 e. The molecule has 0 spiro atoms. The lowest BCUT2D eigenvalue weighted by atomic mass is 10.00. The molecule has 0 saturated carbocycles. The molecule has 1 aliphatic rings. The molecule has 0 unspecified atom stereocenters. The molecule has 1 heterocycles. The van der Waals surface area contributed by atoms with Gasteiger partial charge in [0, 0.05) is 30.7 Å². The highest BCUT2D eigenvalue weighted by atomic mass is 16.2. The fraction of sp³-hybridized carbons (Fsp3) is 0.917. The first-order chi connectivity index (χ1) is 7.21. The van der Waals surface area contributed by atoms with Crippen LogP contribution in [-0.4, -0.2) is 48.1 Å². The zero-order valence-corrected chi connectivity index (χ0v) is 11.2. The first-order valence-corrected chi connectivity index (χ1v) is 5.97. The van der Waals surface area contributed by atoms with E-state index < -0.39 is 0 Å². The second kappa shape index (κ2) is 4.72. The van der Waals surface area contributed by atoms with Crippen LogP contribution < -0.4 is 10.6 Å². The van der Waals surface area contributed by atoms with Crippen molar-refractivity contribution in [1.82, 2.24) is 15.5 Å². The number of piperazine rings is 1. The van der Waals surface area contributed by atoms with Crippen molar-refractivity contribution < 1.29 is 4.79 Å². The molecule has 1 saturated heterocycles. The van der Waals surface area contributed by atoms with E-state index in [0.29, 0.717) is 6.54 Å². The minimum Gasteiger partial charge on any atom is -0.350 e. The molecule has 16 heavy (non-hydrogen) atoms. The van der Waals surface area contributed by atoms with E-state index in [1.807, 2.05) is 20.8 Å². The molecule has 0 aliphatic carbocycles. The maximum atomic E-state index is 11.8. The Hall–Kier alpha value is -0.610. The van der Waals surface area contributed by atoms with Crippen LogP contribution in [0, 0.1) is 0 Å². The molecular weight excluding hydrogens is 202 g/mol. The van der Waals surface area contributed by atoms with Crippen molar-refractivity contribution in [3.05, 3.63) is 0 Å². The third-order valence-corrected chi connectivity index (χ3v) is 2.82. The molecule has 1 rings (SSSR count). The molecular formula is C12H25N3O. The normalized spacial score (nSPS) is 21.8. The smallest absolute Gasteiger partial charge is 0.234 e. The summed E-state index contributed by atoms with van der Waals surface area (Å²) >= 11 is 0. The van der Waals surface area contributed by atoms with Crippen molar-refractivity contribution in [2.75, 3.05) is 26.2 Å². The SMILES string of the molecule is CC(C)(C)NC(=O)CN1CCNCC1(C)C. The highest BCUT2D eigenvalue weighted by Gasteiger charge is 2.31. The predicted octanol–water partition coefficient (Wildman–Crippen LogP) is 0.585. The van der Waals surface area contributed by atoms with Crippen LogP contribution in [0.15, 0.2) is 0 Å². The molecule has 0 bridgehead atoms. The number of carbonyl (C=O) groups is 1. The van der Waals surface area contributed by atoms with E-state index in [0.717, 1.165) is 19.6 Å². The van der Waals surface area contributed by atoms with Gasteiger partial charge in [-0.25, -0.2) is 0 Å². The summed E-state index contributed by atoms with van der Waals surface area (Å²) in [6.07, 6.45) is 0. The van der Waals surface area contributed by atoms with Crippen molar-refractivity contribution in [3.8, 4) is 0 Å². The summed E-state index contributed by atoms with van der Waals surface area (Å²) in [5.74, 6) is 0.113. The van der Waals surface area contributed by atoms with Crippen molar-refractivity contribution >= 4 is 5.91 Å². The van der Waals surface area contributed by atoms with Crippen molar-refractivity contribution in [2.45, 2.75) is 45.7 Å². The number of hydrogen-bond acceptors (Lipinski definition) is 3. The van der Waals surface area contributed by atoms with Gasteiger partial charge >= 0.3 is 0 Å². The van der Waals surface area contributed by atoms with Gasteiger partial charge in [0.25, 0.3) is 0 Å². The maximum absolute atomic E-state index is 11.8. The van der Waals surface area contributed by atoms with Crippen LogP contribution in [0.1, 0.15) is 34.6 Å². The highest BCUT2D eigenvalue weighted by Crippen LogP contribution is 2.15. The molecule has 4 heteroatoms. The van der Waals surface area contributed by atoms with Crippen LogP contribution in [-0.2, 0) is 4.79 Å². The Morgan fingerprint density at radius 1 is 1.44 bits per heavy atom. The van der Waals surface area contributed by atoms with E-state index >= 15 is 0 Å². The summed E-state index contributed by atoms with van der Waals surface area (Å²) in [5.41, 5.74) is -0.0806. The second-order valence-corrected chi connectivity index (χ2v) is 6.21. The number of nitrogens with one attached hydrogen (secondary N) is 2. The Balaban J connectivity index is 2.49. The predicted molar refractivity (Wildman–Crippen MR) is 66.4 cm³/mol. The van der Waals surface area contributed by atoms with Crippen LogP contribution >= 0.6 is 0 Å². The molecule has 1 amide bonds. The number of nitrogens with zero attached hydrogens (tertiary/aromatic N) is 1. The lowest BCUT2D eigenvalue weighted by Crippen LogP contribution is -2.60. The van der Waals surface area contributed by atoms with E-state index in [1.165, 1.54) is 0 Å². The highest BCUT2D eigenvalue weighted by molar-refractivity contribution is 5.78. The molecule has 94 valence electrons. The minimum absolute atomic E-state index is 0.0630. The average Bonchev–Trinajstić information content (AvgIpc) is 2.05. The summed E-state index contributed by atoms with van der Waals surface area (Å²) in [6.45, 7) is 13.7. The van der Waals surface area contributed by atoms with Gasteiger partial charge in [-0.3, -0.25) is 9.69 Å². The van der Waals surface area contributed by atoms with E-state index in [9.17, 15) is 4.79 Å². The fourth-order valence-corrected chi connectivity index (χ4v) is 1.95. The number of amides is 1. The molecule has 1 aliphatic heterocycles. The second-order valence-electron chi connectivity index (χ2n) is 6.21. The number of hydrogen-bond donors (Lipinski definition) is 2. The van der Waals surface area contributed by atoms with Crippen LogP contribution in [0.4, 0.5) is 0 Å². The van der Waals surface area contributed by atoms with Gasteiger partial charge in [0.1, 0.15) is 0 Å². The molecule has 1 fully saturated rings. The summed E-state index contributed by atoms with van der Waals surface area (Å²) in [7, 11) is 0. The molecule has 0 aromatic rings. The Bertz CT molecular complexity index is 255. The summed E-state index contributed by atoms with van der Waals surface area (Å²) in [5, 5.41) is 6.36. The van der Waals surface area contributed by atoms with Crippen molar-refractivity contribution in [3.63, 3.8) is 0 Å². The zero-order chi connectivity index (χ0) is 12.4.